The molecule has 0 aliphatic heterocycles. The SMILES string of the molecule is COC(=O)OCc1c(C[Si](C)(C)C)cccc1-c1ccccc1. The normalized spacial score (nSPS) is 11.1. The van der Waals surface area contributed by atoms with E-state index in [1.807, 2.05) is 18.2 Å². The second-order valence-corrected chi connectivity index (χ2v) is 12.3. The van der Waals surface area contributed by atoms with E-state index in [1.54, 1.807) is 0 Å². The Morgan fingerprint density at radius 2 is 1.70 bits per heavy atom. The van der Waals surface area contributed by atoms with E-state index < -0.39 is 14.2 Å². The molecular weight excluding hydrogens is 304 g/mol. The highest BCUT2D eigenvalue weighted by atomic mass is 28.3. The highest BCUT2D eigenvalue weighted by molar-refractivity contribution is 6.75. The lowest BCUT2D eigenvalue weighted by atomic mass is 9.96. The minimum absolute atomic E-state index is 0.234. The molecule has 0 spiro atoms. The fourth-order valence-electron chi connectivity index (χ4n) is 2.62. The van der Waals surface area contributed by atoms with Gasteiger partial charge in [0.05, 0.1) is 7.11 Å². The third-order valence-corrected chi connectivity index (χ3v) is 5.02. The number of carbonyl (C=O) groups excluding carboxylic acids is 1. The molecule has 2 aromatic carbocycles. The Balaban J connectivity index is 2.44. The van der Waals surface area contributed by atoms with Crippen LogP contribution in [-0.2, 0) is 22.1 Å². The molecule has 0 fully saturated rings. The lowest BCUT2D eigenvalue weighted by Gasteiger charge is -2.21. The van der Waals surface area contributed by atoms with Crippen LogP contribution in [0.1, 0.15) is 11.1 Å². The summed E-state index contributed by atoms with van der Waals surface area (Å²) in [5, 5.41) is 0. The van der Waals surface area contributed by atoms with E-state index >= 15 is 0 Å². The molecule has 4 heteroatoms. The van der Waals surface area contributed by atoms with Gasteiger partial charge in [-0.15, -0.1) is 0 Å². The molecule has 0 saturated heterocycles. The average Bonchev–Trinajstić information content (AvgIpc) is 2.52. The van der Waals surface area contributed by atoms with Crippen LogP contribution in [0, 0.1) is 0 Å². The van der Waals surface area contributed by atoms with Gasteiger partial charge in [0.25, 0.3) is 0 Å². The van der Waals surface area contributed by atoms with Crippen LogP contribution in [0.4, 0.5) is 4.79 Å². The minimum atomic E-state index is -1.29. The summed E-state index contributed by atoms with van der Waals surface area (Å²) in [5.74, 6) is 0. The summed E-state index contributed by atoms with van der Waals surface area (Å²) in [6, 6.07) is 17.5. The van der Waals surface area contributed by atoms with E-state index in [2.05, 4.69) is 54.7 Å². The number of ether oxygens (including phenoxy) is 2. The summed E-state index contributed by atoms with van der Waals surface area (Å²) in [4.78, 5) is 11.4. The Kier molecular flexibility index (Phi) is 5.61. The molecule has 0 radical (unpaired) electrons. The van der Waals surface area contributed by atoms with Crippen molar-refractivity contribution in [2.24, 2.45) is 0 Å². The molecule has 2 aromatic rings. The van der Waals surface area contributed by atoms with Crippen LogP contribution in [0.15, 0.2) is 48.5 Å². The smallest absolute Gasteiger partial charge is 0.438 e. The molecule has 2 rings (SSSR count). The van der Waals surface area contributed by atoms with Crippen molar-refractivity contribution in [3.05, 3.63) is 59.7 Å². The van der Waals surface area contributed by atoms with Crippen molar-refractivity contribution in [2.45, 2.75) is 32.3 Å². The Morgan fingerprint density at radius 3 is 2.30 bits per heavy atom. The summed E-state index contributed by atoms with van der Waals surface area (Å²) in [6.45, 7) is 7.25. The van der Waals surface area contributed by atoms with Gasteiger partial charge in [0.2, 0.25) is 0 Å². The maximum Gasteiger partial charge on any atom is 0.508 e. The van der Waals surface area contributed by atoms with Crippen molar-refractivity contribution >= 4 is 14.2 Å². The minimum Gasteiger partial charge on any atom is -0.438 e. The predicted molar refractivity (Wildman–Crippen MR) is 96.1 cm³/mol. The zero-order valence-corrected chi connectivity index (χ0v) is 15.3. The first-order valence-electron chi connectivity index (χ1n) is 7.77. The fraction of sp³-hybridized carbons (Fsp3) is 0.316. The van der Waals surface area contributed by atoms with Gasteiger partial charge in [0, 0.05) is 13.6 Å². The molecule has 0 N–H and O–H groups in total. The Labute approximate surface area is 139 Å². The number of methoxy groups -OCH3 is 1. The molecule has 0 bridgehead atoms. The molecule has 0 aliphatic carbocycles. The first kappa shape index (κ1) is 17.3. The third kappa shape index (κ3) is 4.96. The van der Waals surface area contributed by atoms with Crippen LogP contribution >= 0.6 is 0 Å². The van der Waals surface area contributed by atoms with E-state index in [1.165, 1.54) is 12.7 Å². The first-order chi connectivity index (χ1) is 10.9. The van der Waals surface area contributed by atoms with Crippen molar-refractivity contribution < 1.29 is 14.3 Å². The molecule has 0 amide bonds. The largest absolute Gasteiger partial charge is 0.508 e. The van der Waals surface area contributed by atoms with Crippen LogP contribution in [0.2, 0.25) is 19.6 Å². The molecule has 122 valence electrons. The van der Waals surface area contributed by atoms with E-state index in [-0.39, 0.29) is 6.61 Å². The van der Waals surface area contributed by atoms with E-state index in [0.717, 1.165) is 22.7 Å². The van der Waals surface area contributed by atoms with E-state index in [4.69, 9.17) is 4.74 Å². The third-order valence-electron chi connectivity index (χ3n) is 3.58. The lowest BCUT2D eigenvalue weighted by Crippen LogP contribution is -2.25. The standard InChI is InChI=1S/C19H24O3Si/c1-21-19(20)22-13-18-16(14-23(2,3)4)11-8-12-17(18)15-9-6-5-7-10-15/h5-12H,13-14H2,1-4H3. The summed E-state index contributed by atoms with van der Waals surface area (Å²) >= 11 is 0. The second kappa shape index (κ2) is 7.46. The van der Waals surface area contributed by atoms with Gasteiger partial charge in [0.1, 0.15) is 6.61 Å². The van der Waals surface area contributed by atoms with Crippen LogP contribution in [-0.4, -0.2) is 21.3 Å². The lowest BCUT2D eigenvalue weighted by molar-refractivity contribution is 0.0669. The quantitative estimate of drug-likeness (QED) is 0.569. The van der Waals surface area contributed by atoms with Gasteiger partial charge in [-0.05, 0) is 22.7 Å². The van der Waals surface area contributed by atoms with Gasteiger partial charge in [-0.25, -0.2) is 4.79 Å². The van der Waals surface area contributed by atoms with Crippen molar-refractivity contribution in [2.75, 3.05) is 7.11 Å². The van der Waals surface area contributed by atoms with E-state index in [9.17, 15) is 4.79 Å². The predicted octanol–water partition coefficient (Wildman–Crippen LogP) is 5.06. The summed E-state index contributed by atoms with van der Waals surface area (Å²) < 4.78 is 9.85. The first-order valence-corrected chi connectivity index (χ1v) is 11.5. The van der Waals surface area contributed by atoms with Gasteiger partial charge >= 0.3 is 6.16 Å². The zero-order valence-electron chi connectivity index (χ0n) is 14.3. The second-order valence-electron chi connectivity index (χ2n) is 6.79. The van der Waals surface area contributed by atoms with Crippen LogP contribution in [0.3, 0.4) is 0 Å². The monoisotopic (exact) mass is 328 g/mol. The van der Waals surface area contributed by atoms with Gasteiger partial charge in [-0.1, -0.05) is 68.2 Å². The van der Waals surface area contributed by atoms with Gasteiger partial charge < -0.3 is 9.47 Å². The molecule has 0 aromatic heterocycles. The maximum atomic E-state index is 11.4. The van der Waals surface area contributed by atoms with Gasteiger partial charge in [-0.3, -0.25) is 0 Å². The number of hydrogen-bond acceptors (Lipinski definition) is 3. The highest BCUT2D eigenvalue weighted by Gasteiger charge is 2.19. The number of rotatable bonds is 5. The van der Waals surface area contributed by atoms with Gasteiger partial charge in [0.15, 0.2) is 0 Å². The molecule has 23 heavy (non-hydrogen) atoms. The Hall–Kier alpha value is -2.07. The Morgan fingerprint density at radius 1 is 1.00 bits per heavy atom. The number of benzene rings is 2. The number of carbonyl (C=O) groups is 1. The number of hydrogen-bond donors (Lipinski definition) is 0. The van der Waals surface area contributed by atoms with Crippen molar-refractivity contribution in [1.29, 1.82) is 0 Å². The van der Waals surface area contributed by atoms with Crippen LogP contribution < -0.4 is 0 Å². The molecular formula is C19H24O3Si. The molecule has 0 aliphatic rings. The van der Waals surface area contributed by atoms with Crippen LogP contribution in [0.25, 0.3) is 11.1 Å². The van der Waals surface area contributed by atoms with Crippen molar-refractivity contribution in [3.8, 4) is 11.1 Å². The topological polar surface area (TPSA) is 35.5 Å². The summed E-state index contributed by atoms with van der Waals surface area (Å²) in [6.07, 6.45) is -0.646. The molecule has 0 heterocycles. The zero-order chi connectivity index (χ0) is 16.9. The highest BCUT2D eigenvalue weighted by Crippen LogP contribution is 2.29. The Bertz CT molecular complexity index is 660. The van der Waals surface area contributed by atoms with E-state index in [0.29, 0.717) is 0 Å². The molecule has 0 atom stereocenters. The summed E-state index contributed by atoms with van der Waals surface area (Å²) in [5.41, 5.74) is 4.58. The average molecular weight is 328 g/mol. The van der Waals surface area contributed by atoms with Crippen LogP contribution in [0.5, 0.6) is 0 Å². The van der Waals surface area contributed by atoms with Crippen molar-refractivity contribution in [3.63, 3.8) is 0 Å². The molecule has 0 saturated carbocycles. The summed E-state index contributed by atoms with van der Waals surface area (Å²) in [7, 11) is 0.0382. The van der Waals surface area contributed by atoms with Gasteiger partial charge in [-0.2, -0.15) is 0 Å². The maximum absolute atomic E-state index is 11.4. The molecule has 0 unspecified atom stereocenters. The van der Waals surface area contributed by atoms with Crippen molar-refractivity contribution in [1.82, 2.24) is 0 Å². The molecule has 3 nitrogen and oxygen atoms in total. The fourth-order valence-corrected chi connectivity index (χ4v) is 4.09.